The summed E-state index contributed by atoms with van der Waals surface area (Å²) in [6.45, 7) is 4.49. The number of benzene rings is 1. The maximum atomic E-state index is 12.8. The molecule has 0 unspecified atom stereocenters. The van der Waals surface area contributed by atoms with Crippen LogP contribution in [0.5, 0.6) is 0 Å². The Balaban J connectivity index is 1.79. The average Bonchev–Trinajstić information content (AvgIpc) is 3.17. The van der Waals surface area contributed by atoms with E-state index >= 15 is 0 Å². The quantitative estimate of drug-likeness (QED) is 0.850. The number of fused-ring (bicyclic) bond motifs is 2. The summed E-state index contributed by atoms with van der Waals surface area (Å²) in [5.41, 5.74) is 4.60. The Morgan fingerprint density at radius 3 is 3.04 bits per heavy atom. The number of carbonyl (C=O) groups is 1. The number of methoxy groups -OCH3 is 1. The van der Waals surface area contributed by atoms with E-state index in [4.69, 9.17) is 4.74 Å². The van der Waals surface area contributed by atoms with Crippen LogP contribution in [0.3, 0.4) is 0 Å². The average molecular weight is 324 g/mol. The maximum absolute atomic E-state index is 12.8. The minimum atomic E-state index is -0.132. The molecule has 2 saturated heterocycles. The molecule has 0 saturated carbocycles. The van der Waals surface area contributed by atoms with Gasteiger partial charge in [-0.3, -0.25) is 4.90 Å². The second kappa shape index (κ2) is 4.85. The Kier molecular flexibility index (Phi) is 2.94. The lowest BCUT2D eigenvalue weighted by Gasteiger charge is -2.50. The van der Waals surface area contributed by atoms with Gasteiger partial charge in [-0.25, -0.2) is 4.79 Å². The lowest BCUT2D eigenvalue weighted by molar-refractivity contribution is -0.137. The Morgan fingerprint density at radius 2 is 2.25 bits per heavy atom. The number of nitrogens with one attached hydrogen (secondary N) is 1. The largest absolute Gasteiger partial charge is 0.466 e. The summed E-state index contributed by atoms with van der Waals surface area (Å²) in [7, 11) is 1.52. The highest BCUT2D eigenvalue weighted by atomic mass is 16.5. The van der Waals surface area contributed by atoms with Crippen LogP contribution in [-0.4, -0.2) is 37.1 Å². The third-order valence-electron chi connectivity index (χ3n) is 7.00. The van der Waals surface area contributed by atoms with Crippen LogP contribution in [-0.2, 0) is 14.9 Å². The summed E-state index contributed by atoms with van der Waals surface area (Å²) in [5, 5.41) is 3.65. The molecule has 24 heavy (non-hydrogen) atoms. The number of anilines is 1. The second-order valence-corrected chi connectivity index (χ2v) is 7.69. The van der Waals surface area contributed by atoms with Crippen LogP contribution >= 0.6 is 0 Å². The lowest BCUT2D eigenvalue weighted by Crippen LogP contribution is -2.55. The Hall–Kier alpha value is -1.81. The van der Waals surface area contributed by atoms with E-state index in [1.807, 2.05) is 0 Å². The Morgan fingerprint density at radius 1 is 1.42 bits per heavy atom. The maximum Gasteiger partial charge on any atom is 0.335 e. The smallest absolute Gasteiger partial charge is 0.335 e. The summed E-state index contributed by atoms with van der Waals surface area (Å²) >= 11 is 0. The van der Waals surface area contributed by atoms with E-state index in [2.05, 4.69) is 41.4 Å². The number of rotatable bonds is 2. The van der Waals surface area contributed by atoms with Gasteiger partial charge < -0.3 is 10.1 Å². The zero-order valence-electron chi connectivity index (χ0n) is 14.3. The minimum Gasteiger partial charge on any atom is -0.466 e. The highest BCUT2D eigenvalue weighted by Crippen LogP contribution is 2.61. The molecule has 0 radical (unpaired) electrons. The van der Waals surface area contributed by atoms with Crippen LogP contribution < -0.4 is 5.32 Å². The molecule has 4 aliphatic rings. The molecule has 2 bridgehead atoms. The first-order chi connectivity index (χ1) is 11.7. The van der Waals surface area contributed by atoms with Gasteiger partial charge in [0.2, 0.25) is 0 Å². The topological polar surface area (TPSA) is 41.6 Å². The lowest BCUT2D eigenvalue weighted by atomic mass is 9.60. The van der Waals surface area contributed by atoms with Crippen LogP contribution in [0.1, 0.15) is 31.7 Å². The van der Waals surface area contributed by atoms with Crippen LogP contribution in [0.2, 0.25) is 0 Å². The molecule has 126 valence electrons. The second-order valence-electron chi connectivity index (χ2n) is 7.69. The van der Waals surface area contributed by atoms with Crippen molar-refractivity contribution in [2.45, 2.75) is 37.6 Å². The number of carbonyl (C=O) groups excluding carboxylic acids is 1. The number of hydrogen-bond donors (Lipinski definition) is 1. The SMILES string of the molecule is CC[C@@H]1CN2CC[C@]34C(=C(C(=O)OC)[C@H]1C[C@H]23)Nc1ccccc14. The van der Waals surface area contributed by atoms with Crippen molar-refractivity contribution in [3.8, 4) is 0 Å². The fourth-order valence-electron chi connectivity index (χ4n) is 5.98. The summed E-state index contributed by atoms with van der Waals surface area (Å²) in [6.07, 6.45) is 3.30. The zero-order valence-corrected chi connectivity index (χ0v) is 14.3. The van der Waals surface area contributed by atoms with E-state index in [0.717, 1.165) is 43.6 Å². The molecule has 5 rings (SSSR count). The van der Waals surface area contributed by atoms with Gasteiger partial charge in [0.15, 0.2) is 0 Å². The number of ether oxygens (including phenoxy) is 1. The Labute approximate surface area is 142 Å². The fraction of sp³-hybridized carbons (Fsp3) is 0.550. The first kappa shape index (κ1) is 14.5. The fourth-order valence-corrected chi connectivity index (χ4v) is 5.98. The molecular formula is C20H24N2O2. The monoisotopic (exact) mass is 324 g/mol. The molecule has 1 N–H and O–H groups in total. The molecule has 1 aromatic rings. The van der Waals surface area contributed by atoms with Gasteiger partial charge in [-0.2, -0.15) is 0 Å². The van der Waals surface area contributed by atoms with Crippen LogP contribution in [0.25, 0.3) is 0 Å². The highest BCUT2D eigenvalue weighted by Gasteiger charge is 2.62. The number of hydrogen-bond acceptors (Lipinski definition) is 4. The van der Waals surface area contributed by atoms with Gasteiger partial charge in [0.25, 0.3) is 0 Å². The van der Waals surface area contributed by atoms with E-state index in [1.54, 1.807) is 0 Å². The first-order valence-corrected chi connectivity index (χ1v) is 9.14. The van der Waals surface area contributed by atoms with Crippen molar-refractivity contribution in [1.82, 2.24) is 4.90 Å². The predicted octanol–water partition coefficient (Wildman–Crippen LogP) is 2.91. The van der Waals surface area contributed by atoms with Gasteiger partial charge in [0.05, 0.1) is 18.1 Å². The normalized spacial score (nSPS) is 36.2. The third-order valence-corrected chi connectivity index (χ3v) is 7.00. The molecule has 3 aliphatic heterocycles. The first-order valence-electron chi connectivity index (χ1n) is 9.14. The summed E-state index contributed by atoms with van der Waals surface area (Å²) in [5.74, 6) is 0.739. The van der Waals surface area contributed by atoms with Crippen LogP contribution in [0, 0.1) is 11.8 Å². The molecule has 1 spiro atoms. The van der Waals surface area contributed by atoms with Gasteiger partial charge in [0, 0.05) is 24.0 Å². The van der Waals surface area contributed by atoms with Crippen molar-refractivity contribution in [2.24, 2.45) is 11.8 Å². The number of piperidine rings is 1. The van der Waals surface area contributed by atoms with E-state index in [-0.39, 0.29) is 11.4 Å². The minimum absolute atomic E-state index is 0.0324. The van der Waals surface area contributed by atoms with E-state index in [0.29, 0.717) is 17.9 Å². The van der Waals surface area contributed by atoms with Crippen molar-refractivity contribution in [2.75, 3.05) is 25.5 Å². The molecule has 2 fully saturated rings. The van der Waals surface area contributed by atoms with Crippen molar-refractivity contribution in [1.29, 1.82) is 0 Å². The van der Waals surface area contributed by atoms with Crippen molar-refractivity contribution in [3.05, 3.63) is 41.1 Å². The summed E-state index contributed by atoms with van der Waals surface area (Å²) in [4.78, 5) is 15.4. The zero-order chi connectivity index (χ0) is 16.5. The highest BCUT2D eigenvalue weighted by molar-refractivity contribution is 5.93. The van der Waals surface area contributed by atoms with Crippen LogP contribution in [0.4, 0.5) is 5.69 Å². The molecule has 1 aromatic carbocycles. The Bertz CT molecular complexity index is 756. The molecule has 3 heterocycles. The van der Waals surface area contributed by atoms with E-state index < -0.39 is 0 Å². The molecule has 4 nitrogen and oxygen atoms in total. The van der Waals surface area contributed by atoms with E-state index in [1.165, 1.54) is 18.4 Å². The number of para-hydroxylation sites is 1. The van der Waals surface area contributed by atoms with Crippen molar-refractivity contribution in [3.63, 3.8) is 0 Å². The predicted molar refractivity (Wildman–Crippen MR) is 92.7 cm³/mol. The molecule has 0 aromatic heterocycles. The standard InChI is InChI=1S/C20H24N2O2/c1-3-12-11-22-9-8-20-14-6-4-5-7-15(14)21-18(20)17(19(23)24-2)13(12)10-16(20)22/h4-7,12-13,16,21H,3,8-11H2,1-2H3/t12-,13+,16+,20-/m1/s1. The molecule has 0 amide bonds. The number of nitrogens with zero attached hydrogens (tertiary/aromatic N) is 1. The van der Waals surface area contributed by atoms with Gasteiger partial charge >= 0.3 is 5.97 Å². The molecular weight excluding hydrogens is 300 g/mol. The van der Waals surface area contributed by atoms with E-state index in [9.17, 15) is 4.79 Å². The summed E-state index contributed by atoms with van der Waals surface area (Å²) in [6, 6.07) is 9.12. The van der Waals surface area contributed by atoms with Gasteiger partial charge in [0.1, 0.15) is 0 Å². The van der Waals surface area contributed by atoms with Gasteiger partial charge in [-0.15, -0.1) is 0 Å². The third kappa shape index (κ3) is 1.55. The molecule has 1 aliphatic carbocycles. The van der Waals surface area contributed by atoms with Gasteiger partial charge in [-0.05, 0) is 42.9 Å². The van der Waals surface area contributed by atoms with Crippen LogP contribution in [0.15, 0.2) is 35.5 Å². The summed E-state index contributed by atoms with van der Waals surface area (Å²) < 4.78 is 5.23. The number of esters is 1. The molecule has 4 heteroatoms. The molecule has 4 atom stereocenters. The van der Waals surface area contributed by atoms with Gasteiger partial charge in [-0.1, -0.05) is 31.5 Å². The van der Waals surface area contributed by atoms with Crippen molar-refractivity contribution >= 4 is 11.7 Å². The van der Waals surface area contributed by atoms with Crippen molar-refractivity contribution < 1.29 is 9.53 Å².